The van der Waals surface area contributed by atoms with Gasteiger partial charge in [0.1, 0.15) is 5.82 Å². The van der Waals surface area contributed by atoms with Crippen LogP contribution < -0.4 is 0 Å². The first kappa shape index (κ1) is 20.6. The molecule has 2 aromatic carbocycles. The van der Waals surface area contributed by atoms with Crippen molar-refractivity contribution in [1.29, 1.82) is 0 Å². The molecule has 0 saturated carbocycles. The summed E-state index contributed by atoms with van der Waals surface area (Å²) in [5.74, 6) is 0.615. The van der Waals surface area contributed by atoms with E-state index >= 15 is 0 Å². The van der Waals surface area contributed by atoms with E-state index in [4.69, 9.17) is 4.74 Å². The van der Waals surface area contributed by atoms with E-state index in [1.807, 2.05) is 53.6 Å². The first-order valence-corrected chi connectivity index (χ1v) is 10.8. The number of ether oxygens (including phenoxy) is 1. The van der Waals surface area contributed by atoms with Gasteiger partial charge in [0.25, 0.3) is 0 Å². The number of nitrogens with zero attached hydrogens (tertiary/aromatic N) is 4. The van der Waals surface area contributed by atoms with Gasteiger partial charge in [-0.1, -0.05) is 42.1 Å². The lowest BCUT2D eigenvalue weighted by Gasteiger charge is -2.35. The summed E-state index contributed by atoms with van der Waals surface area (Å²) in [7, 11) is 0. The fraction of sp³-hybridized carbons (Fsp3) is 0.318. The number of amides is 1. The Labute approximate surface area is 179 Å². The number of hydrogen-bond donors (Lipinski definition) is 0. The molecule has 2 atom stereocenters. The van der Waals surface area contributed by atoms with E-state index in [2.05, 4.69) is 10.2 Å². The van der Waals surface area contributed by atoms with Crippen LogP contribution in [0, 0.1) is 5.82 Å². The zero-order valence-corrected chi connectivity index (χ0v) is 17.7. The molecule has 1 aromatic heterocycles. The molecule has 1 amide bonds. The average molecular weight is 427 g/mol. The van der Waals surface area contributed by atoms with E-state index in [-0.39, 0.29) is 29.7 Å². The Kier molecular flexibility index (Phi) is 6.15. The third-order valence-electron chi connectivity index (χ3n) is 4.85. The fourth-order valence-corrected chi connectivity index (χ4v) is 4.41. The normalized spacial score (nSPS) is 19.1. The van der Waals surface area contributed by atoms with Crippen LogP contribution in [0.2, 0.25) is 0 Å². The van der Waals surface area contributed by atoms with Gasteiger partial charge >= 0.3 is 0 Å². The minimum atomic E-state index is -0.312. The Morgan fingerprint density at radius 3 is 2.40 bits per heavy atom. The number of carbonyl (C=O) groups excluding carboxylic acids is 1. The van der Waals surface area contributed by atoms with Gasteiger partial charge in [-0.3, -0.25) is 9.36 Å². The van der Waals surface area contributed by atoms with Crippen LogP contribution in [-0.4, -0.2) is 56.6 Å². The molecule has 3 aromatic rings. The standard InChI is InChI=1S/C22H23FN4O2S/c1-15-12-26(13-16(2)29-15)20(28)14-30-22-25-24-21(17-6-4-3-5-7-17)27(22)19-10-8-18(23)9-11-19/h3-11,15-16H,12-14H2,1-2H3. The summed E-state index contributed by atoms with van der Waals surface area (Å²) < 4.78 is 21.0. The molecule has 1 aliphatic rings. The molecule has 1 saturated heterocycles. The molecule has 1 fully saturated rings. The van der Waals surface area contributed by atoms with Crippen molar-refractivity contribution in [1.82, 2.24) is 19.7 Å². The molecule has 0 spiro atoms. The van der Waals surface area contributed by atoms with Crippen molar-refractivity contribution in [2.24, 2.45) is 0 Å². The third kappa shape index (κ3) is 4.55. The Hall–Kier alpha value is -2.71. The van der Waals surface area contributed by atoms with Crippen molar-refractivity contribution in [2.45, 2.75) is 31.2 Å². The second-order valence-corrected chi connectivity index (χ2v) is 8.27. The largest absolute Gasteiger partial charge is 0.372 e. The molecule has 4 rings (SSSR count). The molecule has 0 N–H and O–H groups in total. The Morgan fingerprint density at radius 2 is 1.73 bits per heavy atom. The molecule has 2 unspecified atom stereocenters. The summed E-state index contributed by atoms with van der Waals surface area (Å²) in [6.45, 7) is 5.12. The van der Waals surface area contributed by atoms with Gasteiger partial charge < -0.3 is 9.64 Å². The van der Waals surface area contributed by atoms with Gasteiger partial charge in [0.15, 0.2) is 11.0 Å². The van der Waals surface area contributed by atoms with Gasteiger partial charge in [-0.05, 0) is 38.1 Å². The van der Waals surface area contributed by atoms with E-state index in [9.17, 15) is 9.18 Å². The van der Waals surface area contributed by atoms with Crippen LogP contribution in [0.4, 0.5) is 4.39 Å². The monoisotopic (exact) mass is 426 g/mol. The molecule has 0 radical (unpaired) electrons. The quantitative estimate of drug-likeness (QED) is 0.581. The molecular formula is C22H23FN4O2S. The molecule has 0 aliphatic carbocycles. The fourth-order valence-electron chi connectivity index (χ4n) is 3.56. The van der Waals surface area contributed by atoms with E-state index in [0.717, 1.165) is 11.3 Å². The molecule has 6 nitrogen and oxygen atoms in total. The van der Waals surface area contributed by atoms with E-state index in [1.165, 1.54) is 23.9 Å². The number of hydrogen-bond acceptors (Lipinski definition) is 5. The van der Waals surface area contributed by atoms with Crippen LogP contribution in [0.5, 0.6) is 0 Å². The summed E-state index contributed by atoms with van der Waals surface area (Å²) >= 11 is 1.33. The lowest BCUT2D eigenvalue weighted by atomic mass is 10.2. The molecule has 30 heavy (non-hydrogen) atoms. The van der Waals surface area contributed by atoms with Gasteiger partial charge in [-0.2, -0.15) is 0 Å². The van der Waals surface area contributed by atoms with Crippen molar-refractivity contribution in [3.05, 3.63) is 60.4 Å². The number of morpholine rings is 1. The van der Waals surface area contributed by atoms with Gasteiger partial charge in [-0.25, -0.2) is 4.39 Å². The first-order chi connectivity index (χ1) is 14.5. The van der Waals surface area contributed by atoms with Crippen molar-refractivity contribution in [3.8, 4) is 17.1 Å². The van der Waals surface area contributed by atoms with Gasteiger partial charge in [0.05, 0.1) is 18.0 Å². The average Bonchev–Trinajstić information content (AvgIpc) is 3.16. The molecule has 1 aliphatic heterocycles. The van der Waals surface area contributed by atoms with E-state index in [0.29, 0.717) is 24.1 Å². The van der Waals surface area contributed by atoms with Gasteiger partial charge in [-0.15, -0.1) is 10.2 Å². The van der Waals surface area contributed by atoms with E-state index in [1.54, 1.807) is 12.1 Å². The zero-order chi connectivity index (χ0) is 21.1. The smallest absolute Gasteiger partial charge is 0.233 e. The van der Waals surface area contributed by atoms with Crippen LogP contribution in [0.3, 0.4) is 0 Å². The lowest BCUT2D eigenvalue weighted by Crippen LogP contribution is -2.48. The number of carbonyl (C=O) groups is 1. The summed E-state index contributed by atoms with van der Waals surface area (Å²) in [6.07, 6.45) is 0.0468. The third-order valence-corrected chi connectivity index (χ3v) is 5.76. The maximum Gasteiger partial charge on any atom is 0.233 e. The van der Waals surface area contributed by atoms with Crippen LogP contribution in [0.15, 0.2) is 59.8 Å². The van der Waals surface area contributed by atoms with E-state index < -0.39 is 0 Å². The molecular weight excluding hydrogens is 403 g/mol. The van der Waals surface area contributed by atoms with Crippen molar-refractivity contribution >= 4 is 17.7 Å². The number of halogens is 1. The summed E-state index contributed by atoms with van der Waals surface area (Å²) in [5.41, 5.74) is 1.63. The van der Waals surface area contributed by atoms with Crippen LogP contribution in [0.1, 0.15) is 13.8 Å². The molecule has 0 bridgehead atoms. The second-order valence-electron chi connectivity index (χ2n) is 7.33. The first-order valence-electron chi connectivity index (χ1n) is 9.84. The highest BCUT2D eigenvalue weighted by atomic mass is 32.2. The predicted molar refractivity (Wildman–Crippen MR) is 114 cm³/mol. The minimum absolute atomic E-state index is 0.0234. The molecule has 8 heteroatoms. The maximum absolute atomic E-state index is 13.5. The van der Waals surface area contributed by atoms with Gasteiger partial charge in [0.2, 0.25) is 5.91 Å². The Morgan fingerprint density at radius 1 is 1.07 bits per heavy atom. The van der Waals surface area contributed by atoms with Crippen LogP contribution in [0.25, 0.3) is 17.1 Å². The Bertz CT molecular complexity index is 1000. The topological polar surface area (TPSA) is 60.2 Å². The number of thioether (sulfide) groups is 1. The minimum Gasteiger partial charge on any atom is -0.372 e. The van der Waals surface area contributed by atoms with Crippen molar-refractivity contribution in [3.63, 3.8) is 0 Å². The summed E-state index contributed by atoms with van der Waals surface area (Å²) in [5, 5.41) is 9.26. The lowest BCUT2D eigenvalue weighted by molar-refractivity contribution is -0.140. The van der Waals surface area contributed by atoms with Crippen molar-refractivity contribution in [2.75, 3.05) is 18.8 Å². The number of aromatic nitrogens is 3. The highest BCUT2D eigenvalue weighted by Crippen LogP contribution is 2.28. The van der Waals surface area contributed by atoms with Crippen LogP contribution in [-0.2, 0) is 9.53 Å². The highest BCUT2D eigenvalue weighted by Gasteiger charge is 2.26. The highest BCUT2D eigenvalue weighted by molar-refractivity contribution is 7.99. The molecule has 156 valence electrons. The van der Waals surface area contributed by atoms with Crippen LogP contribution >= 0.6 is 11.8 Å². The zero-order valence-electron chi connectivity index (χ0n) is 16.9. The Balaban J connectivity index is 1.59. The summed E-state index contributed by atoms with van der Waals surface area (Å²) in [4.78, 5) is 14.6. The number of benzene rings is 2. The second kappa shape index (κ2) is 8.97. The summed E-state index contributed by atoms with van der Waals surface area (Å²) in [6, 6.07) is 15.8. The SMILES string of the molecule is CC1CN(C(=O)CSc2nnc(-c3ccccc3)n2-c2ccc(F)cc2)CC(C)O1. The van der Waals surface area contributed by atoms with Gasteiger partial charge in [0, 0.05) is 24.3 Å². The van der Waals surface area contributed by atoms with Crippen molar-refractivity contribution < 1.29 is 13.9 Å². The maximum atomic E-state index is 13.5. The predicted octanol–water partition coefficient (Wildman–Crippen LogP) is 3.80. The molecule has 2 heterocycles. The number of rotatable bonds is 5.